The van der Waals surface area contributed by atoms with Gasteiger partial charge in [0.05, 0.1) is 17.8 Å². The highest BCUT2D eigenvalue weighted by Crippen LogP contribution is 2.32. The fourth-order valence-electron chi connectivity index (χ4n) is 3.50. The van der Waals surface area contributed by atoms with Gasteiger partial charge in [0, 0.05) is 28.9 Å². The Morgan fingerprint density at radius 1 is 0.966 bits per heavy atom. The van der Waals surface area contributed by atoms with Crippen molar-refractivity contribution in [1.29, 1.82) is 0 Å². The second-order valence-corrected chi connectivity index (χ2v) is 6.68. The van der Waals surface area contributed by atoms with Crippen LogP contribution in [0, 0.1) is 0 Å². The summed E-state index contributed by atoms with van der Waals surface area (Å²) in [5.41, 5.74) is 11.5. The molecule has 0 saturated carbocycles. The van der Waals surface area contributed by atoms with Crippen molar-refractivity contribution in [3.63, 3.8) is 0 Å². The molecule has 142 valence electrons. The van der Waals surface area contributed by atoms with Crippen LogP contribution in [0.3, 0.4) is 0 Å². The van der Waals surface area contributed by atoms with E-state index in [4.69, 9.17) is 20.4 Å². The van der Waals surface area contributed by atoms with Gasteiger partial charge in [0.25, 0.3) is 0 Å². The van der Waals surface area contributed by atoms with Crippen LogP contribution in [0.2, 0.25) is 0 Å². The molecule has 0 unspecified atom stereocenters. The maximum absolute atomic E-state index is 6.17. The number of rotatable bonds is 4. The summed E-state index contributed by atoms with van der Waals surface area (Å²) < 4.78 is 7.53. The molecule has 0 atom stereocenters. The number of nitrogens with zero attached hydrogens (tertiary/aromatic N) is 4. The van der Waals surface area contributed by atoms with Crippen molar-refractivity contribution >= 4 is 22.2 Å². The second-order valence-electron chi connectivity index (χ2n) is 6.68. The summed E-state index contributed by atoms with van der Waals surface area (Å²) in [5.74, 6) is 0.409. The van der Waals surface area contributed by atoms with Crippen LogP contribution in [0.15, 0.2) is 73.1 Å². The maximum atomic E-state index is 6.17. The van der Waals surface area contributed by atoms with Gasteiger partial charge in [-0.15, -0.1) is 0 Å². The van der Waals surface area contributed by atoms with Gasteiger partial charge in [0.2, 0.25) is 0 Å². The van der Waals surface area contributed by atoms with E-state index in [0.29, 0.717) is 18.4 Å². The summed E-state index contributed by atoms with van der Waals surface area (Å²) in [7, 11) is 0. The SMILES string of the molecule is CCOc1nc(-c2ccc3ccc(-c4ccccc4)nc3c2)c2c(N)nccn12. The Hall–Kier alpha value is -3.93. The van der Waals surface area contributed by atoms with Gasteiger partial charge in [-0.1, -0.05) is 48.5 Å². The van der Waals surface area contributed by atoms with E-state index in [1.54, 1.807) is 12.4 Å². The van der Waals surface area contributed by atoms with E-state index < -0.39 is 0 Å². The lowest BCUT2D eigenvalue weighted by Gasteiger charge is -2.06. The molecular weight excluding hydrogens is 362 g/mol. The monoisotopic (exact) mass is 381 g/mol. The quantitative estimate of drug-likeness (QED) is 0.492. The van der Waals surface area contributed by atoms with Crippen molar-refractivity contribution < 1.29 is 4.74 Å². The summed E-state index contributed by atoms with van der Waals surface area (Å²) >= 11 is 0. The van der Waals surface area contributed by atoms with Crippen LogP contribution in [0.4, 0.5) is 5.82 Å². The molecule has 0 bridgehead atoms. The maximum Gasteiger partial charge on any atom is 0.301 e. The molecule has 3 heterocycles. The molecule has 6 nitrogen and oxygen atoms in total. The van der Waals surface area contributed by atoms with E-state index in [1.165, 1.54) is 0 Å². The van der Waals surface area contributed by atoms with Crippen molar-refractivity contribution in [1.82, 2.24) is 19.4 Å². The number of hydrogen-bond donors (Lipinski definition) is 1. The van der Waals surface area contributed by atoms with Crippen molar-refractivity contribution in [2.75, 3.05) is 12.3 Å². The van der Waals surface area contributed by atoms with Crippen molar-refractivity contribution in [3.05, 3.63) is 73.1 Å². The first-order chi connectivity index (χ1) is 14.2. The minimum absolute atomic E-state index is 0.409. The first kappa shape index (κ1) is 17.2. The normalized spacial score (nSPS) is 11.2. The third-order valence-corrected chi connectivity index (χ3v) is 4.86. The Labute approximate surface area is 167 Å². The summed E-state index contributed by atoms with van der Waals surface area (Å²) in [4.78, 5) is 13.8. The molecule has 0 radical (unpaired) electrons. The van der Waals surface area contributed by atoms with Crippen molar-refractivity contribution in [2.45, 2.75) is 6.92 Å². The highest BCUT2D eigenvalue weighted by atomic mass is 16.5. The lowest BCUT2D eigenvalue weighted by atomic mass is 10.1. The number of benzene rings is 2. The van der Waals surface area contributed by atoms with Crippen LogP contribution in [-0.4, -0.2) is 26.0 Å². The molecule has 2 aromatic carbocycles. The number of hydrogen-bond acceptors (Lipinski definition) is 5. The van der Waals surface area contributed by atoms with Gasteiger partial charge in [-0.3, -0.25) is 4.40 Å². The predicted molar refractivity (Wildman–Crippen MR) is 115 cm³/mol. The molecule has 3 aromatic heterocycles. The Balaban J connectivity index is 1.69. The van der Waals surface area contributed by atoms with E-state index >= 15 is 0 Å². The first-order valence-electron chi connectivity index (χ1n) is 9.46. The lowest BCUT2D eigenvalue weighted by Crippen LogP contribution is -1.99. The van der Waals surface area contributed by atoms with E-state index in [-0.39, 0.29) is 0 Å². The number of ether oxygens (including phenoxy) is 1. The fourth-order valence-corrected chi connectivity index (χ4v) is 3.50. The largest absolute Gasteiger partial charge is 0.465 e. The Morgan fingerprint density at radius 3 is 2.62 bits per heavy atom. The summed E-state index contributed by atoms with van der Waals surface area (Å²) in [6.45, 7) is 2.44. The molecule has 0 aliphatic heterocycles. The van der Waals surface area contributed by atoms with Crippen LogP contribution in [0.1, 0.15) is 6.92 Å². The van der Waals surface area contributed by atoms with Crippen molar-refractivity contribution in [2.24, 2.45) is 0 Å². The van der Waals surface area contributed by atoms with Crippen LogP contribution in [-0.2, 0) is 0 Å². The fraction of sp³-hybridized carbons (Fsp3) is 0.0870. The second kappa shape index (κ2) is 6.91. The average molecular weight is 381 g/mol. The molecule has 0 amide bonds. The highest BCUT2D eigenvalue weighted by Gasteiger charge is 2.17. The molecule has 6 heteroatoms. The number of pyridine rings is 1. The number of imidazole rings is 1. The van der Waals surface area contributed by atoms with Crippen LogP contribution in [0.25, 0.3) is 38.9 Å². The molecule has 0 fully saturated rings. The third-order valence-electron chi connectivity index (χ3n) is 4.86. The molecule has 0 saturated heterocycles. The molecule has 0 spiro atoms. The highest BCUT2D eigenvalue weighted by molar-refractivity contribution is 5.91. The summed E-state index contributed by atoms with van der Waals surface area (Å²) in [6.07, 6.45) is 3.45. The number of aromatic nitrogens is 4. The zero-order valence-electron chi connectivity index (χ0n) is 15.9. The van der Waals surface area contributed by atoms with Gasteiger partial charge in [-0.2, -0.15) is 4.98 Å². The first-order valence-corrected chi connectivity index (χ1v) is 9.46. The van der Waals surface area contributed by atoms with Gasteiger partial charge in [-0.25, -0.2) is 9.97 Å². The van der Waals surface area contributed by atoms with E-state index in [0.717, 1.165) is 38.9 Å². The van der Waals surface area contributed by atoms with E-state index in [1.807, 2.05) is 53.8 Å². The number of anilines is 1. The van der Waals surface area contributed by atoms with Crippen LogP contribution < -0.4 is 10.5 Å². The molecule has 2 N–H and O–H groups in total. The van der Waals surface area contributed by atoms with Crippen LogP contribution >= 0.6 is 0 Å². The third kappa shape index (κ3) is 2.95. The summed E-state index contributed by atoms with van der Waals surface area (Å²) in [5, 5.41) is 1.06. The topological polar surface area (TPSA) is 78.3 Å². The zero-order chi connectivity index (χ0) is 19.8. The van der Waals surface area contributed by atoms with Gasteiger partial charge < -0.3 is 10.5 Å². The number of nitrogens with two attached hydrogens (primary N) is 1. The molecule has 29 heavy (non-hydrogen) atoms. The van der Waals surface area contributed by atoms with E-state index in [2.05, 4.69) is 23.2 Å². The minimum Gasteiger partial charge on any atom is -0.465 e. The molecular formula is C23H19N5O. The Bertz CT molecular complexity index is 1330. The summed E-state index contributed by atoms with van der Waals surface area (Å²) in [6, 6.07) is 20.9. The standard InChI is InChI=1S/C23H19N5O/c1-2-29-23-27-20(21-22(24)25-12-13-28(21)23)17-9-8-16-10-11-18(26-19(16)14-17)15-6-4-3-5-7-15/h3-14H,2H2,1H3,(H2,24,25). The van der Waals surface area contributed by atoms with Gasteiger partial charge in [0.15, 0.2) is 0 Å². The van der Waals surface area contributed by atoms with Crippen molar-refractivity contribution in [3.8, 4) is 28.5 Å². The Morgan fingerprint density at radius 2 is 1.79 bits per heavy atom. The van der Waals surface area contributed by atoms with Gasteiger partial charge in [-0.05, 0) is 19.1 Å². The molecule has 0 aliphatic carbocycles. The zero-order valence-corrected chi connectivity index (χ0v) is 15.9. The number of nitrogen functional groups attached to an aromatic ring is 1. The molecule has 5 rings (SSSR count). The van der Waals surface area contributed by atoms with Gasteiger partial charge in [0.1, 0.15) is 17.0 Å². The van der Waals surface area contributed by atoms with Gasteiger partial charge >= 0.3 is 6.01 Å². The lowest BCUT2D eigenvalue weighted by molar-refractivity contribution is 0.311. The molecule has 5 aromatic rings. The predicted octanol–water partition coefficient (Wildman–Crippen LogP) is 4.59. The Kier molecular flexibility index (Phi) is 4.09. The average Bonchev–Trinajstić information content (AvgIpc) is 3.14. The smallest absolute Gasteiger partial charge is 0.301 e. The number of fused-ring (bicyclic) bond motifs is 2. The minimum atomic E-state index is 0.409. The van der Waals surface area contributed by atoms with E-state index in [9.17, 15) is 0 Å². The molecule has 0 aliphatic rings. The van der Waals surface area contributed by atoms with Crippen LogP contribution in [0.5, 0.6) is 6.01 Å².